The first-order valence-electron chi connectivity index (χ1n) is 7.31. The van der Waals surface area contributed by atoms with Crippen molar-refractivity contribution in [2.45, 2.75) is 18.9 Å². The minimum atomic E-state index is 0.432. The number of rotatable bonds is 3. The van der Waals surface area contributed by atoms with Crippen LogP contribution in [0.3, 0.4) is 0 Å². The number of benzene rings is 2. The minimum Gasteiger partial charge on any atom is -0.378 e. The molecular weight excluding hydrogens is 244 g/mol. The van der Waals surface area contributed by atoms with E-state index < -0.39 is 0 Å². The van der Waals surface area contributed by atoms with Crippen LogP contribution in [0, 0.1) is 0 Å². The quantitative estimate of drug-likeness (QED) is 0.918. The van der Waals surface area contributed by atoms with Gasteiger partial charge in [0.25, 0.3) is 0 Å². The van der Waals surface area contributed by atoms with E-state index in [2.05, 4.69) is 72.8 Å². The van der Waals surface area contributed by atoms with Crippen molar-refractivity contribution in [3.63, 3.8) is 0 Å². The fourth-order valence-corrected chi connectivity index (χ4v) is 2.94. The smallest absolute Gasteiger partial charge is 0.0364 e. The Morgan fingerprint density at radius 3 is 2.65 bits per heavy atom. The Morgan fingerprint density at radius 1 is 1.10 bits per heavy atom. The fraction of sp³-hybridized carbons (Fsp3) is 0.333. The molecule has 2 aromatic rings. The van der Waals surface area contributed by atoms with Gasteiger partial charge in [0, 0.05) is 25.8 Å². The highest BCUT2D eigenvalue weighted by atomic mass is 15.1. The van der Waals surface area contributed by atoms with Gasteiger partial charge in [-0.25, -0.2) is 0 Å². The highest BCUT2D eigenvalue weighted by Gasteiger charge is 2.20. The Hall–Kier alpha value is -1.80. The van der Waals surface area contributed by atoms with Crippen LogP contribution in [-0.4, -0.2) is 20.6 Å². The van der Waals surface area contributed by atoms with Gasteiger partial charge in [0.2, 0.25) is 0 Å². The lowest BCUT2D eigenvalue weighted by Gasteiger charge is -2.28. The summed E-state index contributed by atoms with van der Waals surface area (Å²) in [6.45, 7) is 1.08. The Bertz CT molecular complexity index is 575. The van der Waals surface area contributed by atoms with Gasteiger partial charge in [-0.15, -0.1) is 0 Å². The maximum Gasteiger partial charge on any atom is 0.0364 e. The molecule has 104 valence electrons. The van der Waals surface area contributed by atoms with Crippen molar-refractivity contribution in [1.29, 1.82) is 0 Å². The second kappa shape index (κ2) is 5.68. The van der Waals surface area contributed by atoms with Crippen LogP contribution in [0.2, 0.25) is 0 Å². The van der Waals surface area contributed by atoms with Crippen LogP contribution in [-0.2, 0) is 12.8 Å². The van der Waals surface area contributed by atoms with Crippen LogP contribution in [0.25, 0.3) is 0 Å². The highest BCUT2D eigenvalue weighted by molar-refractivity contribution is 5.51. The zero-order chi connectivity index (χ0) is 13.9. The van der Waals surface area contributed by atoms with E-state index in [4.69, 9.17) is 0 Å². The highest BCUT2D eigenvalue weighted by Crippen LogP contribution is 2.29. The maximum absolute atomic E-state index is 3.67. The summed E-state index contributed by atoms with van der Waals surface area (Å²) in [5.74, 6) is 0. The van der Waals surface area contributed by atoms with Gasteiger partial charge >= 0.3 is 0 Å². The predicted octanol–water partition coefficient (Wildman–Crippen LogP) is 3.18. The number of hydrogen-bond donors (Lipinski definition) is 1. The average molecular weight is 266 g/mol. The molecule has 1 aliphatic rings. The SMILES string of the molecule is CN(C)c1ccc2c(c1)C(Cc1ccccc1)NCC2. The van der Waals surface area contributed by atoms with Crippen molar-refractivity contribution in [1.82, 2.24) is 5.32 Å². The summed E-state index contributed by atoms with van der Waals surface area (Å²) in [6, 6.07) is 18.0. The van der Waals surface area contributed by atoms with E-state index in [9.17, 15) is 0 Å². The van der Waals surface area contributed by atoms with Crippen molar-refractivity contribution in [2.75, 3.05) is 25.5 Å². The largest absolute Gasteiger partial charge is 0.378 e. The Morgan fingerprint density at radius 2 is 1.90 bits per heavy atom. The molecule has 1 atom stereocenters. The zero-order valence-corrected chi connectivity index (χ0v) is 12.3. The molecule has 1 heterocycles. The first kappa shape index (κ1) is 13.2. The third-order valence-electron chi connectivity index (χ3n) is 4.09. The summed E-state index contributed by atoms with van der Waals surface area (Å²) in [4.78, 5) is 2.18. The monoisotopic (exact) mass is 266 g/mol. The summed E-state index contributed by atoms with van der Waals surface area (Å²) in [7, 11) is 4.20. The van der Waals surface area contributed by atoms with Crippen molar-refractivity contribution in [2.24, 2.45) is 0 Å². The lowest BCUT2D eigenvalue weighted by atomic mass is 9.90. The maximum atomic E-state index is 3.67. The zero-order valence-electron chi connectivity index (χ0n) is 12.3. The van der Waals surface area contributed by atoms with Crippen LogP contribution in [0.1, 0.15) is 22.7 Å². The molecule has 0 aliphatic carbocycles. The second-order valence-electron chi connectivity index (χ2n) is 5.72. The second-order valence-corrected chi connectivity index (χ2v) is 5.72. The summed E-state index contributed by atoms with van der Waals surface area (Å²) >= 11 is 0. The van der Waals surface area contributed by atoms with Crippen LogP contribution >= 0.6 is 0 Å². The molecule has 0 spiro atoms. The van der Waals surface area contributed by atoms with Gasteiger partial charge < -0.3 is 10.2 Å². The molecule has 0 saturated carbocycles. The molecule has 0 saturated heterocycles. The van der Waals surface area contributed by atoms with Gasteiger partial charge in [0.05, 0.1) is 0 Å². The normalized spacial score (nSPS) is 17.6. The molecule has 0 aromatic heterocycles. The molecule has 20 heavy (non-hydrogen) atoms. The van der Waals surface area contributed by atoms with E-state index in [0.29, 0.717) is 6.04 Å². The molecule has 1 N–H and O–H groups in total. The lowest BCUT2D eigenvalue weighted by molar-refractivity contribution is 0.502. The Balaban J connectivity index is 1.90. The number of nitrogens with one attached hydrogen (secondary N) is 1. The van der Waals surface area contributed by atoms with Gasteiger partial charge in [-0.05, 0) is 48.2 Å². The third kappa shape index (κ3) is 2.70. The Kier molecular flexibility index (Phi) is 3.75. The van der Waals surface area contributed by atoms with E-state index in [1.165, 1.54) is 22.4 Å². The average Bonchev–Trinajstić information content (AvgIpc) is 2.48. The van der Waals surface area contributed by atoms with Crippen LogP contribution < -0.4 is 10.2 Å². The standard InChI is InChI=1S/C18H22N2/c1-20(2)16-9-8-15-10-11-19-18(17(15)13-16)12-14-6-4-3-5-7-14/h3-9,13,18-19H,10-12H2,1-2H3. The number of nitrogens with zero attached hydrogens (tertiary/aromatic N) is 1. The molecule has 0 amide bonds. The predicted molar refractivity (Wildman–Crippen MR) is 85.4 cm³/mol. The summed E-state index contributed by atoms with van der Waals surface area (Å²) in [5, 5.41) is 3.67. The van der Waals surface area contributed by atoms with E-state index >= 15 is 0 Å². The first-order chi connectivity index (χ1) is 9.74. The third-order valence-corrected chi connectivity index (χ3v) is 4.09. The summed E-state index contributed by atoms with van der Waals surface area (Å²) in [6.07, 6.45) is 2.19. The number of hydrogen-bond acceptors (Lipinski definition) is 2. The molecule has 1 aliphatic heterocycles. The molecule has 0 fully saturated rings. The van der Waals surface area contributed by atoms with Crippen molar-refractivity contribution in [3.8, 4) is 0 Å². The van der Waals surface area contributed by atoms with E-state index in [1.807, 2.05) is 0 Å². The van der Waals surface area contributed by atoms with Gasteiger partial charge in [-0.1, -0.05) is 36.4 Å². The molecule has 3 rings (SSSR count). The molecule has 0 bridgehead atoms. The van der Waals surface area contributed by atoms with E-state index in [-0.39, 0.29) is 0 Å². The summed E-state index contributed by atoms with van der Waals surface area (Å²) < 4.78 is 0. The van der Waals surface area contributed by atoms with E-state index in [1.54, 1.807) is 0 Å². The lowest BCUT2D eigenvalue weighted by Crippen LogP contribution is -2.31. The van der Waals surface area contributed by atoms with Crippen molar-refractivity contribution < 1.29 is 0 Å². The van der Waals surface area contributed by atoms with Gasteiger partial charge in [0.15, 0.2) is 0 Å². The number of fused-ring (bicyclic) bond motifs is 1. The topological polar surface area (TPSA) is 15.3 Å². The first-order valence-corrected chi connectivity index (χ1v) is 7.31. The van der Waals surface area contributed by atoms with Crippen molar-refractivity contribution >= 4 is 5.69 Å². The molecule has 2 nitrogen and oxygen atoms in total. The molecule has 2 aromatic carbocycles. The van der Waals surface area contributed by atoms with E-state index in [0.717, 1.165) is 19.4 Å². The Labute approximate surface area is 121 Å². The van der Waals surface area contributed by atoms with Crippen molar-refractivity contribution in [3.05, 3.63) is 65.2 Å². The van der Waals surface area contributed by atoms with Gasteiger partial charge in [0.1, 0.15) is 0 Å². The van der Waals surface area contributed by atoms with Crippen LogP contribution in [0.4, 0.5) is 5.69 Å². The number of anilines is 1. The minimum absolute atomic E-state index is 0.432. The molecule has 0 radical (unpaired) electrons. The molecular formula is C18H22N2. The fourth-order valence-electron chi connectivity index (χ4n) is 2.94. The summed E-state index contributed by atoms with van der Waals surface area (Å²) in [5.41, 5.74) is 5.64. The van der Waals surface area contributed by atoms with Crippen LogP contribution in [0.5, 0.6) is 0 Å². The van der Waals surface area contributed by atoms with Crippen LogP contribution in [0.15, 0.2) is 48.5 Å². The molecule has 2 heteroatoms. The van der Waals surface area contributed by atoms with Gasteiger partial charge in [-0.3, -0.25) is 0 Å². The molecule has 1 unspecified atom stereocenters. The van der Waals surface area contributed by atoms with Gasteiger partial charge in [-0.2, -0.15) is 0 Å².